The minimum Gasteiger partial charge on any atom is -0.197 e. The van der Waals surface area contributed by atoms with Gasteiger partial charge in [-0.25, -0.2) is 0 Å². The second-order valence-electron chi connectivity index (χ2n) is 7.11. The van der Waals surface area contributed by atoms with E-state index < -0.39 is 0 Å². The Balaban J connectivity index is 2.10. The zero-order valence-corrected chi connectivity index (χ0v) is 14.7. The molecule has 3 aromatic rings. The zero-order chi connectivity index (χ0) is 16.3. The van der Waals surface area contributed by atoms with E-state index in [1.54, 1.807) is 0 Å². The highest BCUT2D eigenvalue weighted by Crippen LogP contribution is 2.34. The molecule has 1 nitrogen and oxygen atoms in total. The molecule has 0 unspecified atom stereocenters. The van der Waals surface area contributed by atoms with Gasteiger partial charge in [0, 0.05) is 17.4 Å². The third kappa shape index (κ3) is 2.03. The summed E-state index contributed by atoms with van der Waals surface area (Å²) >= 11 is 0. The summed E-state index contributed by atoms with van der Waals surface area (Å²) in [6.45, 7) is 12.3. The predicted octanol–water partition coefficient (Wildman–Crippen LogP) is 4.89. The van der Waals surface area contributed by atoms with Gasteiger partial charge in [0.15, 0.2) is 12.7 Å². The van der Waals surface area contributed by atoms with Crippen LogP contribution in [-0.2, 0) is 13.0 Å². The number of aromatic nitrogens is 1. The van der Waals surface area contributed by atoms with E-state index in [4.69, 9.17) is 0 Å². The van der Waals surface area contributed by atoms with Gasteiger partial charge in [-0.1, -0.05) is 18.2 Å². The first-order valence-electron chi connectivity index (χ1n) is 8.51. The van der Waals surface area contributed by atoms with E-state index >= 15 is 0 Å². The summed E-state index contributed by atoms with van der Waals surface area (Å²) < 4.78 is 2.47. The lowest BCUT2D eigenvalue weighted by Crippen LogP contribution is -2.41. The van der Waals surface area contributed by atoms with Crippen molar-refractivity contribution in [2.75, 3.05) is 0 Å². The van der Waals surface area contributed by atoms with Crippen LogP contribution in [0.15, 0.2) is 30.5 Å². The Morgan fingerprint density at radius 2 is 1.52 bits per heavy atom. The minimum atomic E-state index is 1.08. The molecule has 1 heteroatoms. The average molecular weight is 302 g/mol. The summed E-state index contributed by atoms with van der Waals surface area (Å²) in [5.41, 5.74) is 11.3. The largest absolute Gasteiger partial charge is 0.216 e. The fraction of sp³-hybridized carbons (Fsp3) is 0.318. The fourth-order valence-electron chi connectivity index (χ4n) is 3.97. The predicted molar refractivity (Wildman–Crippen MR) is 97.0 cm³/mol. The molecule has 0 atom stereocenters. The van der Waals surface area contributed by atoms with Gasteiger partial charge in [-0.05, 0) is 73.9 Å². The lowest BCUT2D eigenvalue weighted by atomic mass is 9.89. The van der Waals surface area contributed by atoms with Crippen LogP contribution in [0, 0.1) is 34.6 Å². The van der Waals surface area contributed by atoms with Gasteiger partial charge in [0.2, 0.25) is 5.69 Å². The van der Waals surface area contributed by atoms with E-state index in [1.807, 2.05) is 0 Å². The Morgan fingerprint density at radius 1 is 0.783 bits per heavy atom. The Bertz CT molecular complexity index is 964. The molecule has 0 spiro atoms. The van der Waals surface area contributed by atoms with Gasteiger partial charge < -0.3 is 0 Å². The molecule has 0 saturated heterocycles. The Labute approximate surface area is 138 Å². The molecule has 0 N–H and O–H groups in total. The van der Waals surface area contributed by atoms with E-state index in [9.17, 15) is 0 Å². The van der Waals surface area contributed by atoms with E-state index in [1.165, 1.54) is 55.4 Å². The molecule has 0 aliphatic carbocycles. The lowest BCUT2D eigenvalue weighted by molar-refractivity contribution is -0.686. The molecule has 1 aromatic heterocycles. The molecule has 0 radical (unpaired) electrons. The van der Waals surface area contributed by atoms with Crippen molar-refractivity contribution in [3.8, 4) is 11.3 Å². The van der Waals surface area contributed by atoms with Crippen LogP contribution in [0.5, 0.6) is 0 Å². The van der Waals surface area contributed by atoms with Crippen molar-refractivity contribution in [1.29, 1.82) is 0 Å². The highest BCUT2D eigenvalue weighted by atomic mass is 15.0. The molecular weight excluding hydrogens is 278 g/mol. The van der Waals surface area contributed by atoms with Crippen molar-refractivity contribution < 1.29 is 4.57 Å². The van der Waals surface area contributed by atoms with Crippen LogP contribution < -0.4 is 4.57 Å². The van der Waals surface area contributed by atoms with E-state index in [2.05, 4.69) is 69.6 Å². The fourth-order valence-corrected chi connectivity index (χ4v) is 3.97. The van der Waals surface area contributed by atoms with Gasteiger partial charge in [-0.2, -0.15) is 4.57 Å². The van der Waals surface area contributed by atoms with E-state index in [0.717, 1.165) is 13.0 Å². The van der Waals surface area contributed by atoms with Crippen molar-refractivity contribution in [2.24, 2.45) is 0 Å². The van der Waals surface area contributed by atoms with Crippen molar-refractivity contribution in [3.63, 3.8) is 0 Å². The summed E-state index contributed by atoms with van der Waals surface area (Å²) in [5, 5.41) is 2.80. The monoisotopic (exact) mass is 302 g/mol. The topological polar surface area (TPSA) is 3.88 Å². The molecule has 1 aliphatic heterocycles. The smallest absolute Gasteiger partial charge is 0.197 e. The number of fused-ring (bicyclic) bond motifs is 4. The average Bonchev–Trinajstić information content (AvgIpc) is 2.52. The zero-order valence-electron chi connectivity index (χ0n) is 14.7. The standard InChI is InChI=1S/C22H24N/c1-13-6-7-19-17(5)22-20-11-15(3)14(2)10-18(20)8-9-23(22)12-21(19)16(13)4/h6-7,10-12H,8-9H2,1-5H3/q+1. The van der Waals surface area contributed by atoms with E-state index in [-0.39, 0.29) is 0 Å². The number of nitrogens with zero attached hydrogens (tertiary/aromatic N) is 1. The molecule has 2 heterocycles. The van der Waals surface area contributed by atoms with Gasteiger partial charge in [0.1, 0.15) is 0 Å². The molecular formula is C22H24N+. The molecule has 0 fully saturated rings. The molecule has 0 bridgehead atoms. The van der Waals surface area contributed by atoms with Crippen LogP contribution in [0.3, 0.4) is 0 Å². The molecule has 4 rings (SSSR count). The quantitative estimate of drug-likeness (QED) is 0.520. The van der Waals surface area contributed by atoms with Crippen LogP contribution in [0.25, 0.3) is 22.0 Å². The van der Waals surface area contributed by atoms with E-state index in [0.29, 0.717) is 0 Å². The molecule has 0 amide bonds. The van der Waals surface area contributed by atoms with Crippen molar-refractivity contribution >= 4 is 10.8 Å². The second-order valence-corrected chi connectivity index (χ2v) is 7.11. The highest BCUT2D eigenvalue weighted by molar-refractivity contribution is 5.91. The van der Waals surface area contributed by atoms with Gasteiger partial charge in [0.25, 0.3) is 0 Å². The number of rotatable bonds is 0. The maximum atomic E-state index is 2.47. The maximum absolute atomic E-state index is 2.47. The molecule has 23 heavy (non-hydrogen) atoms. The van der Waals surface area contributed by atoms with Gasteiger partial charge in [0.05, 0.1) is 5.56 Å². The SMILES string of the molecule is Cc1cc2c(cc1C)-c1c(C)c3ccc(C)c(C)c3c[n+]1CC2. The van der Waals surface area contributed by atoms with Crippen LogP contribution >= 0.6 is 0 Å². The molecule has 2 aromatic carbocycles. The first-order chi connectivity index (χ1) is 11.0. The summed E-state index contributed by atoms with van der Waals surface area (Å²) in [5.74, 6) is 0. The minimum absolute atomic E-state index is 1.08. The van der Waals surface area contributed by atoms with Crippen LogP contribution in [-0.4, -0.2) is 0 Å². The molecule has 0 saturated carbocycles. The molecule has 1 aliphatic rings. The van der Waals surface area contributed by atoms with Crippen LogP contribution in [0.4, 0.5) is 0 Å². The summed E-state index contributed by atoms with van der Waals surface area (Å²) in [4.78, 5) is 0. The van der Waals surface area contributed by atoms with Gasteiger partial charge in [-0.15, -0.1) is 0 Å². The van der Waals surface area contributed by atoms with Crippen LogP contribution in [0.2, 0.25) is 0 Å². The van der Waals surface area contributed by atoms with Crippen molar-refractivity contribution in [2.45, 2.75) is 47.6 Å². The number of hydrogen-bond donors (Lipinski definition) is 0. The normalized spacial score (nSPS) is 13.1. The summed E-state index contributed by atoms with van der Waals surface area (Å²) in [6, 6.07) is 9.32. The van der Waals surface area contributed by atoms with Crippen LogP contribution in [0.1, 0.15) is 33.4 Å². The Kier molecular flexibility index (Phi) is 3.09. The number of aryl methyl sites for hydroxylation is 7. The number of benzene rings is 2. The Hall–Kier alpha value is -2.15. The summed E-state index contributed by atoms with van der Waals surface area (Å²) in [7, 11) is 0. The number of pyridine rings is 1. The van der Waals surface area contributed by atoms with Gasteiger partial charge >= 0.3 is 0 Å². The number of hydrogen-bond acceptors (Lipinski definition) is 0. The summed E-state index contributed by atoms with van der Waals surface area (Å²) in [6.07, 6.45) is 3.50. The third-order valence-electron chi connectivity index (χ3n) is 5.71. The van der Waals surface area contributed by atoms with Gasteiger partial charge in [-0.3, -0.25) is 0 Å². The van der Waals surface area contributed by atoms with Crippen molar-refractivity contribution in [3.05, 3.63) is 63.8 Å². The first kappa shape index (κ1) is 14.4. The highest BCUT2D eigenvalue weighted by Gasteiger charge is 2.27. The first-order valence-corrected chi connectivity index (χ1v) is 8.51. The second kappa shape index (κ2) is 4.92. The van der Waals surface area contributed by atoms with Crippen molar-refractivity contribution in [1.82, 2.24) is 0 Å². The third-order valence-corrected chi connectivity index (χ3v) is 5.71. The molecule has 116 valence electrons. The maximum Gasteiger partial charge on any atom is 0.216 e. The Morgan fingerprint density at radius 3 is 2.30 bits per heavy atom. The lowest BCUT2D eigenvalue weighted by Gasteiger charge is -2.20.